The van der Waals surface area contributed by atoms with Crippen molar-refractivity contribution < 1.29 is 0 Å². The van der Waals surface area contributed by atoms with E-state index in [0.717, 1.165) is 11.3 Å². The zero-order chi connectivity index (χ0) is 11.3. The molecule has 1 aromatic heterocycles. The summed E-state index contributed by atoms with van der Waals surface area (Å²) in [6, 6.07) is 9.05. The summed E-state index contributed by atoms with van der Waals surface area (Å²) in [7, 11) is 0. The van der Waals surface area contributed by atoms with Crippen molar-refractivity contribution in [3.05, 3.63) is 27.5 Å². The molecular formula is C11H7N3S. The van der Waals surface area contributed by atoms with Gasteiger partial charge in [-0.15, -0.1) is 11.3 Å². The van der Waals surface area contributed by atoms with Crippen molar-refractivity contribution in [2.75, 3.05) is 0 Å². The van der Waals surface area contributed by atoms with Gasteiger partial charge in [-0.2, -0.15) is 15.8 Å². The second kappa shape index (κ2) is 4.96. The quantitative estimate of drug-likeness (QED) is 0.709. The van der Waals surface area contributed by atoms with Crippen LogP contribution in [0.25, 0.3) is 5.57 Å². The molecule has 0 aromatic carbocycles. The maximum atomic E-state index is 8.89. The van der Waals surface area contributed by atoms with E-state index in [1.807, 2.05) is 19.1 Å². The first-order valence-electron chi connectivity index (χ1n) is 4.30. The molecule has 0 radical (unpaired) electrons. The minimum Gasteiger partial charge on any atom is -0.192 e. The molecule has 1 heterocycles. The highest BCUT2D eigenvalue weighted by atomic mass is 32.1. The summed E-state index contributed by atoms with van der Waals surface area (Å²) in [6.45, 7) is 2.01. The lowest BCUT2D eigenvalue weighted by atomic mass is 10.1. The molecule has 0 amide bonds. The third-order valence-corrected chi connectivity index (χ3v) is 3.09. The van der Waals surface area contributed by atoms with Crippen LogP contribution in [0.3, 0.4) is 0 Å². The largest absolute Gasteiger partial charge is 0.192 e. The van der Waals surface area contributed by atoms with Crippen LogP contribution < -0.4 is 0 Å². The Labute approximate surface area is 92.1 Å². The lowest BCUT2D eigenvalue weighted by molar-refractivity contribution is 1.19. The van der Waals surface area contributed by atoms with Crippen LogP contribution in [0.2, 0.25) is 0 Å². The van der Waals surface area contributed by atoms with Crippen molar-refractivity contribution in [1.82, 2.24) is 0 Å². The molecule has 1 aromatic rings. The second-order valence-electron chi connectivity index (χ2n) is 2.70. The van der Waals surface area contributed by atoms with E-state index in [0.29, 0.717) is 4.88 Å². The molecule has 0 N–H and O–H groups in total. The molecule has 0 saturated heterocycles. The van der Waals surface area contributed by atoms with E-state index in [9.17, 15) is 0 Å². The predicted octanol–water partition coefficient (Wildman–Crippen LogP) is 2.63. The third-order valence-electron chi connectivity index (χ3n) is 1.84. The van der Waals surface area contributed by atoms with E-state index < -0.39 is 0 Å². The highest BCUT2D eigenvalue weighted by Gasteiger charge is 2.10. The Morgan fingerprint density at radius 2 is 1.87 bits per heavy atom. The summed E-state index contributed by atoms with van der Waals surface area (Å²) < 4.78 is 0. The highest BCUT2D eigenvalue weighted by Crippen LogP contribution is 2.26. The monoisotopic (exact) mass is 213 g/mol. The van der Waals surface area contributed by atoms with Gasteiger partial charge in [0.2, 0.25) is 0 Å². The van der Waals surface area contributed by atoms with Crippen LogP contribution in [-0.2, 0) is 6.42 Å². The molecule has 72 valence electrons. The van der Waals surface area contributed by atoms with Gasteiger partial charge in [-0.05, 0) is 18.6 Å². The average Bonchev–Trinajstić information content (AvgIpc) is 2.73. The summed E-state index contributed by atoms with van der Waals surface area (Å²) >= 11 is 1.44. The highest BCUT2D eigenvalue weighted by molar-refractivity contribution is 7.13. The van der Waals surface area contributed by atoms with Crippen LogP contribution in [0.15, 0.2) is 17.7 Å². The molecule has 0 spiro atoms. The molecule has 0 saturated carbocycles. The van der Waals surface area contributed by atoms with Crippen LogP contribution in [0, 0.1) is 34.0 Å². The number of hydrogen-bond acceptors (Lipinski definition) is 4. The molecule has 0 unspecified atom stereocenters. The molecule has 15 heavy (non-hydrogen) atoms. The fourth-order valence-corrected chi connectivity index (χ4v) is 2.02. The van der Waals surface area contributed by atoms with Gasteiger partial charge in [0.15, 0.2) is 0 Å². The predicted molar refractivity (Wildman–Crippen MR) is 57.5 cm³/mol. The molecule has 0 aliphatic heterocycles. The number of nitrogens with zero attached hydrogens (tertiary/aromatic N) is 3. The Morgan fingerprint density at radius 1 is 1.20 bits per heavy atom. The second-order valence-corrected chi connectivity index (χ2v) is 3.87. The average molecular weight is 213 g/mol. The lowest BCUT2D eigenvalue weighted by Gasteiger charge is -1.91. The van der Waals surface area contributed by atoms with Gasteiger partial charge in [0, 0.05) is 9.75 Å². The SMILES string of the molecule is CCc1ccc(C(C#N)=C(C#N)C#N)s1. The molecule has 1 rings (SSSR count). The Bertz CT molecular complexity index is 501. The standard InChI is InChI=1S/C11H7N3S/c1-2-9-3-4-11(15-9)10(7-14)8(5-12)6-13/h3-4H,2H2,1H3. The van der Waals surface area contributed by atoms with Crippen molar-refractivity contribution in [1.29, 1.82) is 15.8 Å². The van der Waals surface area contributed by atoms with Crippen molar-refractivity contribution in [2.45, 2.75) is 13.3 Å². The van der Waals surface area contributed by atoms with Crippen molar-refractivity contribution >= 4 is 16.9 Å². The van der Waals surface area contributed by atoms with Crippen LogP contribution in [0.4, 0.5) is 0 Å². The number of aryl methyl sites for hydroxylation is 1. The molecule has 4 heteroatoms. The molecular weight excluding hydrogens is 206 g/mol. The van der Waals surface area contributed by atoms with E-state index in [-0.39, 0.29) is 11.1 Å². The number of hydrogen-bond donors (Lipinski definition) is 0. The lowest BCUT2D eigenvalue weighted by Crippen LogP contribution is -1.81. The Hall–Kier alpha value is -2.09. The van der Waals surface area contributed by atoms with E-state index in [1.54, 1.807) is 18.2 Å². The van der Waals surface area contributed by atoms with Gasteiger partial charge in [-0.3, -0.25) is 0 Å². The van der Waals surface area contributed by atoms with Crippen molar-refractivity contribution in [3.8, 4) is 18.2 Å². The first-order valence-corrected chi connectivity index (χ1v) is 5.12. The van der Waals surface area contributed by atoms with Gasteiger partial charge < -0.3 is 0 Å². The maximum absolute atomic E-state index is 8.89. The fraction of sp³-hybridized carbons (Fsp3) is 0.182. The third kappa shape index (κ3) is 2.23. The van der Waals surface area contributed by atoms with Crippen molar-refractivity contribution in [3.63, 3.8) is 0 Å². The fourth-order valence-electron chi connectivity index (χ4n) is 1.07. The zero-order valence-electron chi connectivity index (χ0n) is 8.11. The van der Waals surface area contributed by atoms with Crippen molar-refractivity contribution in [2.24, 2.45) is 0 Å². The topological polar surface area (TPSA) is 71.4 Å². The van der Waals surface area contributed by atoms with Gasteiger partial charge >= 0.3 is 0 Å². The number of rotatable bonds is 2. The summed E-state index contributed by atoms with van der Waals surface area (Å²) in [5.74, 6) is 0. The number of thiophene rings is 1. The number of allylic oxidation sites excluding steroid dienone is 2. The van der Waals surface area contributed by atoms with E-state index >= 15 is 0 Å². The van der Waals surface area contributed by atoms with Gasteiger partial charge in [0.25, 0.3) is 0 Å². The summed E-state index contributed by atoms with van der Waals surface area (Å²) in [6.07, 6.45) is 0.887. The summed E-state index contributed by atoms with van der Waals surface area (Å²) in [5.41, 5.74) is 0.0479. The van der Waals surface area contributed by atoms with E-state index in [1.165, 1.54) is 11.3 Å². The molecule has 0 aliphatic rings. The minimum absolute atomic E-state index is 0.123. The van der Waals surface area contributed by atoms with Crippen LogP contribution in [0.5, 0.6) is 0 Å². The zero-order valence-corrected chi connectivity index (χ0v) is 8.93. The minimum atomic E-state index is -0.123. The van der Waals surface area contributed by atoms with E-state index in [2.05, 4.69) is 0 Å². The van der Waals surface area contributed by atoms with Gasteiger partial charge in [0.1, 0.15) is 23.8 Å². The normalized spacial score (nSPS) is 8.40. The maximum Gasteiger partial charge on any atom is 0.148 e. The number of nitriles is 3. The van der Waals surface area contributed by atoms with Gasteiger partial charge in [-0.1, -0.05) is 6.92 Å². The summed E-state index contributed by atoms with van der Waals surface area (Å²) in [4.78, 5) is 1.82. The molecule has 0 aliphatic carbocycles. The Balaban J connectivity index is 3.28. The first kappa shape index (κ1) is 11.0. The Morgan fingerprint density at radius 3 is 2.27 bits per heavy atom. The molecule has 0 bridgehead atoms. The summed E-state index contributed by atoms with van der Waals surface area (Å²) in [5, 5.41) is 26.2. The van der Waals surface area contributed by atoms with Crippen LogP contribution in [0.1, 0.15) is 16.7 Å². The van der Waals surface area contributed by atoms with Gasteiger partial charge in [-0.25, -0.2) is 0 Å². The van der Waals surface area contributed by atoms with Crippen LogP contribution >= 0.6 is 11.3 Å². The van der Waals surface area contributed by atoms with E-state index in [4.69, 9.17) is 15.8 Å². The smallest absolute Gasteiger partial charge is 0.148 e. The molecule has 0 atom stereocenters. The molecule has 0 fully saturated rings. The Kier molecular flexibility index (Phi) is 3.63. The first-order chi connectivity index (χ1) is 7.26. The van der Waals surface area contributed by atoms with Crippen LogP contribution in [-0.4, -0.2) is 0 Å². The van der Waals surface area contributed by atoms with Gasteiger partial charge in [0.05, 0.1) is 5.57 Å². The molecule has 3 nitrogen and oxygen atoms in total.